The minimum absolute atomic E-state index is 0.421. The van der Waals surface area contributed by atoms with E-state index in [0.29, 0.717) is 11.5 Å². The van der Waals surface area contributed by atoms with Crippen molar-refractivity contribution in [2.45, 2.75) is 59.4 Å². The van der Waals surface area contributed by atoms with E-state index in [1.54, 1.807) is 0 Å². The largest absolute Gasteiger partial charge is 0.327 e. The third-order valence-electron chi connectivity index (χ3n) is 4.14. The van der Waals surface area contributed by atoms with Crippen molar-refractivity contribution in [2.24, 2.45) is 23.0 Å². The van der Waals surface area contributed by atoms with E-state index in [1.807, 2.05) is 0 Å². The maximum atomic E-state index is 6.19. The van der Waals surface area contributed by atoms with Gasteiger partial charge in [-0.05, 0) is 36.5 Å². The molecule has 1 saturated carbocycles. The van der Waals surface area contributed by atoms with Crippen LogP contribution in [0.2, 0.25) is 0 Å². The Morgan fingerprint density at radius 2 is 2.00 bits per heavy atom. The number of hydrogen-bond donors (Lipinski definition) is 1. The molecule has 1 aliphatic rings. The van der Waals surface area contributed by atoms with Crippen molar-refractivity contribution in [1.29, 1.82) is 0 Å². The molecule has 1 rings (SSSR count). The molecule has 3 unspecified atom stereocenters. The van der Waals surface area contributed by atoms with Crippen molar-refractivity contribution in [3.63, 3.8) is 0 Å². The second-order valence-corrected chi connectivity index (χ2v) is 5.52. The molecule has 0 bridgehead atoms. The first-order valence-corrected chi connectivity index (χ1v) is 5.72. The van der Waals surface area contributed by atoms with Crippen LogP contribution in [0.4, 0.5) is 0 Å². The van der Waals surface area contributed by atoms with Gasteiger partial charge in [-0.15, -0.1) is 0 Å². The molecule has 0 aliphatic heterocycles. The SMILES string of the molecule is CC(C)CCC1(C)C(C)CCC1N. The van der Waals surface area contributed by atoms with Crippen LogP contribution in [0, 0.1) is 17.3 Å². The number of nitrogens with two attached hydrogens (primary N) is 1. The molecular weight excluding hydrogens is 158 g/mol. The predicted octanol–water partition coefficient (Wildman–Crippen LogP) is 3.19. The molecule has 0 radical (unpaired) electrons. The standard InChI is InChI=1S/C12H25N/c1-9(2)7-8-12(4)10(3)5-6-11(12)13/h9-11H,5-8,13H2,1-4H3. The van der Waals surface area contributed by atoms with E-state index in [4.69, 9.17) is 5.73 Å². The van der Waals surface area contributed by atoms with Crippen LogP contribution in [0.5, 0.6) is 0 Å². The van der Waals surface area contributed by atoms with Gasteiger partial charge in [0.05, 0.1) is 0 Å². The molecule has 0 heterocycles. The van der Waals surface area contributed by atoms with Crippen molar-refractivity contribution in [1.82, 2.24) is 0 Å². The fourth-order valence-corrected chi connectivity index (χ4v) is 2.49. The highest BCUT2D eigenvalue weighted by molar-refractivity contribution is 4.95. The minimum Gasteiger partial charge on any atom is -0.327 e. The molecule has 0 aromatic rings. The molecule has 1 aliphatic carbocycles. The zero-order chi connectivity index (χ0) is 10.1. The Balaban J connectivity index is 2.52. The average Bonchev–Trinajstić information content (AvgIpc) is 2.31. The van der Waals surface area contributed by atoms with Crippen LogP contribution in [0.25, 0.3) is 0 Å². The molecular formula is C12H25N. The van der Waals surface area contributed by atoms with Gasteiger partial charge in [-0.25, -0.2) is 0 Å². The van der Waals surface area contributed by atoms with E-state index in [9.17, 15) is 0 Å². The molecule has 0 aromatic heterocycles. The van der Waals surface area contributed by atoms with Gasteiger partial charge in [-0.1, -0.05) is 34.1 Å². The van der Waals surface area contributed by atoms with Gasteiger partial charge in [0, 0.05) is 6.04 Å². The molecule has 1 fully saturated rings. The van der Waals surface area contributed by atoms with Crippen molar-refractivity contribution in [3.8, 4) is 0 Å². The lowest BCUT2D eigenvalue weighted by atomic mass is 9.73. The van der Waals surface area contributed by atoms with E-state index in [0.717, 1.165) is 11.8 Å². The van der Waals surface area contributed by atoms with Gasteiger partial charge in [0.25, 0.3) is 0 Å². The highest BCUT2D eigenvalue weighted by Gasteiger charge is 2.41. The summed E-state index contributed by atoms with van der Waals surface area (Å²) >= 11 is 0. The summed E-state index contributed by atoms with van der Waals surface area (Å²) < 4.78 is 0. The molecule has 3 atom stereocenters. The third-order valence-corrected chi connectivity index (χ3v) is 4.14. The Morgan fingerprint density at radius 3 is 2.38 bits per heavy atom. The molecule has 13 heavy (non-hydrogen) atoms. The smallest absolute Gasteiger partial charge is 0.00955 e. The molecule has 1 nitrogen and oxygen atoms in total. The Kier molecular flexibility index (Phi) is 3.39. The summed E-state index contributed by atoms with van der Waals surface area (Å²) in [4.78, 5) is 0. The summed E-state index contributed by atoms with van der Waals surface area (Å²) in [6, 6.07) is 0.446. The monoisotopic (exact) mass is 183 g/mol. The third kappa shape index (κ3) is 2.25. The van der Waals surface area contributed by atoms with Crippen molar-refractivity contribution >= 4 is 0 Å². The Bertz CT molecular complexity index is 153. The zero-order valence-electron chi connectivity index (χ0n) is 9.64. The summed E-state index contributed by atoms with van der Waals surface area (Å²) in [7, 11) is 0. The molecule has 0 spiro atoms. The quantitative estimate of drug-likeness (QED) is 0.714. The maximum absolute atomic E-state index is 6.19. The van der Waals surface area contributed by atoms with Gasteiger partial charge in [0.2, 0.25) is 0 Å². The van der Waals surface area contributed by atoms with Crippen LogP contribution in [0.3, 0.4) is 0 Å². The summed E-state index contributed by atoms with van der Waals surface area (Å²) in [6.07, 6.45) is 5.20. The summed E-state index contributed by atoms with van der Waals surface area (Å²) in [5, 5.41) is 0. The fraction of sp³-hybridized carbons (Fsp3) is 1.00. The van der Waals surface area contributed by atoms with E-state index in [1.165, 1.54) is 25.7 Å². The van der Waals surface area contributed by atoms with Crippen molar-refractivity contribution in [2.75, 3.05) is 0 Å². The molecule has 78 valence electrons. The van der Waals surface area contributed by atoms with Gasteiger partial charge in [0.1, 0.15) is 0 Å². The van der Waals surface area contributed by atoms with Crippen LogP contribution in [-0.4, -0.2) is 6.04 Å². The van der Waals surface area contributed by atoms with E-state index in [2.05, 4.69) is 27.7 Å². The molecule has 0 amide bonds. The van der Waals surface area contributed by atoms with Crippen LogP contribution in [0.15, 0.2) is 0 Å². The first-order valence-electron chi connectivity index (χ1n) is 5.72. The lowest BCUT2D eigenvalue weighted by molar-refractivity contribution is 0.185. The number of hydrogen-bond acceptors (Lipinski definition) is 1. The topological polar surface area (TPSA) is 26.0 Å². The van der Waals surface area contributed by atoms with E-state index < -0.39 is 0 Å². The predicted molar refractivity (Wildman–Crippen MR) is 58.6 cm³/mol. The highest BCUT2D eigenvalue weighted by Crippen LogP contribution is 2.45. The van der Waals surface area contributed by atoms with Gasteiger partial charge >= 0.3 is 0 Å². The molecule has 0 aromatic carbocycles. The van der Waals surface area contributed by atoms with Gasteiger partial charge in [-0.3, -0.25) is 0 Å². The van der Waals surface area contributed by atoms with E-state index in [-0.39, 0.29) is 0 Å². The molecule has 2 N–H and O–H groups in total. The fourth-order valence-electron chi connectivity index (χ4n) is 2.49. The van der Waals surface area contributed by atoms with Gasteiger partial charge in [0.15, 0.2) is 0 Å². The number of rotatable bonds is 3. The highest BCUT2D eigenvalue weighted by atomic mass is 14.7. The summed E-state index contributed by atoms with van der Waals surface area (Å²) in [6.45, 7) is 9.36. The first kappa shape index (κ1) is 11.0. The van der Waals surface area contributed by atoms with Crippen LogP contribution in [-0.2, 0) is 0 Å². The second kappa shape index (κ2) is 4.00. The van der Waals surface area contributed by atoms with Crippen LogP contribution >= 0.6 is 0 Å². The molecule has 1 heteroatoms. The lowest BCUT2D eigenvalue weighted by Gasteiger charge is -2.34. The Hall–Kier alpha value is -0.0400. The van der Waals surface area contributed by atoms with Crippen LogP contribution in [0.1, 0.15) is 53.4 Å². The summed E-state index contributed by atoms with van der Waals surface area (Å²) in [5.41, 5.74) is 6.61. The van der Waals surface area contributed by atoms with E-state index >= 15 is 0 Å². The minimum atomic E-state index is 0.421. The Labute approximate surface area is 83.1 Å². The van der Waals surface area contributed by atoms with Crippen molar-refractivity contribution in [3.05, 3.63) is 0 Å². The second-order valence-electron chi connectivity index (χ2n) is 5.52. The normalized spacial score (nSPS) is 40.2. The van der Waals surface area contributed by atoms with Crippen molar-refractivity contribution < 1.29 is 0 Å². The summed E-state index contributed by atoms with van der Waals surface area (Å²) in [5.74, 6) is 1.64. The van der Waals surface area contributed by atoms with Gasteiger partial charge < -0.3 is 5.73 Å². The first-order chi connectivity index (χ1) is 5.97. The lowest BCUT2D eigenvalue weighted by Crippen LogP contribution is -2.38. The average molecular weight is 183 g/mol. The Morgan fingerprint density at radius 1 is 1.38 bits per heavy atom. The zero-order valence-corrected chi connectivity index (χ0v) is 9.64. The maximum Gasteiger partial charge on any atom is 0.00955 e. The van der Waals surface area contributed by atoms with Gasteiger partial charge in [-0.2, -0.15) is 0 Å². The van der Waals surface area contributed by atoms with Crippen LogP contribution < -0.4 is 5.73 Å². The molecule has 0 saturated heterocycles.